The predicted octanol–water partition coefficient (Wildman–Crippen LogP) is 3.27. The third-order valence-corrected chi connectivity index (χ3v) is 3.98. The highest BCUT2D eigenvalue weighted by molar-refractivity contribution is 5.94. The quantitative estimate of drug-likeness (QED) is 0.652. The van der Waals surface area contributed by atoms with Crippen LogP contribution in [0.1, 0.15) is 15.9 Å². The van der Waals surface area contributed by atoms with E-state index in [-0.39, 0.29) is 5.91 Å². The predicted molar refractivity (Wildman–Crippen MR) is 103 cm³/mol. The lowest BCUT2D eigenvalue weighted by molar-refractivity contribution is 0.0946. The zero-order valence-electron chi connectivity index (χ0n) is 15.3. The molecule has 0 saturated heterocycles. The maximum absolute atomic E-state index is 12.0. The molecule has 6 nitrogen and oxygen atoms in total. The van der Waals surface area contributed by atoms with Crippen molar-refractivity contribution in [3.63, 3.8) is 0 Å². The largest absolute Gasteiger partial charge is 0.497 e. The van der Waals surface area contributed by atoms with Gasteiger partial charge in [0, 0.05) is 17.2 Å². The molecule has 1 heterocycles. The molecule has 1 aromatic heterocycles. The number of carbonyl (C=O) groups is 1. The fraction of sp³-hybridized carbons (Fsp3) is 0.190. The first-order valence-electron chi connectivity index (χ1n) is 8.61. The Morgan fingerprint density at radius 3 is 2.33 bits per heavy atom. The van der Waals surface area contributed by atoms with Crippen LogP contribution in [0.4, 0.5) is 0 Å². The molecular weight excluding hydrogens is 342 g/mol. The van der Waals surface area contributed by atoms with Crippen molar-refractivity contribution in [2.45, 2.75) is 6.92 Å². The molecule has 1 amide bonds. The second kappa shape index (κ2) is 8.80. The number of methoxy groups -OCH3 is 1. The summed E-state index contributed by atoms with van der Waals surface area (Å²) in [5.74, 6) is 0.967. The van der Waals surface area contributed by atoms with Crippen LogP contribution in [0.3, 0.4) is 0 Å². The number of ether oxygens (including phenoxy) is 2. The zero-order chi connectivity index (χ0) is 19.1. The number of hydrogen-bond donors (Lipinski definition) is 1. The molecule has 0 radical (unpaired) electrons. The molecule has 0 aliphatic heterocycles. The standard InChI is InChI=1S/C21H21N3O3/c1-15-3-5-16(6-4-15)19-11-12-20(24-23-19)27-14-13-22-21(25)17-7-9-18(26-2)10-8-17/h3-12H,13-14H2,1-2H3,(H,22,25). The highest BCUT2D eigenvalue weighted by Gasteiger charge is 2.06. The van der Waals surface area contributed by atoms with Gasteiger partial charge in [-0.2, -0.15) is 0 Å². The average molecular weight is 363 g/mol. The SMILES string of the molecule is COc1ccc(C(=O)NCCOc2ccc(-c3ccc(C)cc3)nn2)cc1. The van der Waals surface area contributed by atoms with Crippen molar-refractivity contribution < 1.29 is 14.3 Å². The Morgan fingerprint density at radius 2 is 1.70 bits per heavy atom. The summed E-state index contributed by atoms with van der Waals surface area (Å²) in [5.41, 5.74) is 3.56. The van der Waals surface area contributed by atoms with Gasteiger partial charge >= 0.3 is 0 Å². The minimum atomic E-state index is -0.165. The molecule has 3 rings (SSSR count). The molecule has 0 spiro atoms. The van der Waals surface area contributed by atoms with Crippen molar-refractivity contribution >= 4 is 5.91 Å². The van der Waals surface area contributed by atoms with E-state index < -0.39 is 0 Å². The van der Waals surface area contributed by atoms with Gasteiger partial charge in [0.25, 0.3) is 5.91 Å². The van der Waals surface area contributed by atoms with Gasteiger partial charge in [0.15, 0.2) is 0 Å². The second-order valence-corrected chi connectivity index (χ2v) is 5.96. The van der Waals surface area contributed by atoms with Crippen LogP contribution >= 0.6 is 0 Å². The summed E-state index contributed by atoms with van der Waals surface area (Å²) < 4.78 is 10.6. The maximum atomic E-state index is 12.0. The average Bonchev–Trinajstić information content (AvgIpc) is 2.72. The van der Waals surface area contributed by atoms with Gasteiger partial charge in [0.2, 0.25) is 5.88 Å². The fourth-order valence-corrected chi connectivity index (χ4v) is 2.44. The van der Waals surface area contributed by atoms with Gasteiger partial charge in [-0.25, -0.2) is 0 Å². The lowest BCUT2D eigenvalue weighted by Crippen LogP contribution is -2.28. The molecule has 1 N–H and O–H groups in total. The Balaban J connectivity index is 1.46. The van der Waals surface area contributed by atoms with Gasteiger partial charge in [-0.3, -0.25) is 4.79 Å². The number of aromatic nitrogens is 2. The maximum Gasteiger partial charge on any atom is 0.251 e. The minimum absolute atomic E-state index is 0.165. The summed E-state index contributed by atoms with van der Waals surface area (Å²) in [6.45, 7) is 2.71. The first-order chi connectivity index (χ1) is 13.2. The Hall–Kier alpha value is -3.41. The number of carbonyl (C=O) groups excluding carboxylic acids is 1. The molecule has 3 aromatic rings. The van der Waals surface area contributed by atoms with Gasteiger partial charge in [0.05, 0.1) is 19.3 Å². The summed E-state index contributed by atoms with van der Waals surface area (Å²) in [6, 6.07) is 18.6. The summed E-state index contributed by atoms with van der Waals surface area (Å²) in [4.78, 5) is 12.0. The fourth-order valence-electron chi connectivity index (χ4n) is 2.44. The second-order valence-electron chi connectivity index (χ2n) is 5.96. The molecule has 0 saturated carbocycles. The van der Waals surface area contributed by atoms with Crippen molar-refractivity contribution in [3.05, 3.63) is 71.8 Å². The van der Waals surface area contributed by atoms with Gasteiger partial charge in [0.1, 0.15) is 12.4 Å². The topological polar surface area (TPSA) is 73.3 Å². The van der Waals surface area contributed by atoms with Gasteiger partial charge < -0.3 is 14.8 Å². The van der Waals surface area contributed by atoms with Crippen molar-refractivity contribution in [1.29, 1.82) is 0 Å². The summed E-state index contributed by atoms with van der Waals surface area (Å²) in [6.07, 6.45) is 0. The lowest BCUT2D eigenvalue weighted by Gasteiger charge is -2.08. The molecule has 0 aliphatic rings. The van der Waals surface area contributed by atoms with Crippen molar-refractivity contribution in [2.24, 2.45) is 0 Å². The van der Waals surface area contributed by atoms with E-state index >= 15 is 0 Å². The van der Waals surface area contributed by atoms with E-state index in [1.54, 1.807) is 37.4 Å². The molecule has 138 valence electrons. The van der Waals surface area contributed by atoms with Crippen LogP contribution in [0.5, 0.6) is 11.6 Å². The number of nitrogens with zero attached hydrogens (tertiary/aromatic N) is 2. The molecule has 0 aliphatic carbocycles. The summed E-state index contributed by atoms with van der Waals surface area (Å²) in [7, 11) is 1.59. The van der Waals surface area contributed by atoms with E-state index in [2.05, 4.69) is 15.5 Å². The minimum Gasteiger partial charge on any atom is -0.497 e. The van der Waals surface area contributed by atoms with Crippen LogP contribution in [0.2, 0.25) is 0 Å². The van der Waals surface area contributed by atoms with Crippen LogP contribution < -0.4 is 14.8 Å². The molecule has 0 fully saturated rings. The number of hydrogen-bond acceptors (Lipinski definition) is 5. The van der Waals surface area contributed by atoms with E-state index in [4.69, 9.17) is 9.47 Å². The van der Waals surface area contributed by atoms with E-state index in [0.29, 0.717) is 30.3 Å². The highest BCUT2D eigenvalue weighted by Crippen LogP contribution is 2.18. The van der Waals surface area contributed by atoms with Crippen LogP contribution in [-0.2, 0) is 0 Å². The van der Waals surface area contributed by atoms with E-state index in [0.717, 1.165) is 11.3 Å². The van der Waals surface area contributed by atoms with Gasteiger partial charge in [-0.05, 0) is 37.3 Å². The van der Waals surface area contributed by atoms with Crippen LogP contribution in [0.15, 0.2) is 60.7 Å². The molecule has 6 heteroatoms. The third kappa shape index (κ3) is 5.04. The number of benzene rings is 2. The monoisotopic (exact) mass is 363 g/mol. The molecule has 0 atom stereocenters. The van der Waals surface area contributed by atoms with Crippen LogP contribution in [-0.4, -0.2) is 36.4 Å². The first kappa shape index (κ1) is 18.4. The molecular formula is C21H21N3O3. The Labute approximate surface area is 158 Å². The van der Waals surface area contributed by atoms with Crippen LogP contribution in [0.25, 0.3) is 11.3 Å². The normalized spacial score (nSPS) is 10.3. The molecule has 0 bridgehead atoms. The molecule has 0 unspecified atom stereocenters. The molecule has 2 aromatic carbocycles. The van der Waals surface area contributed by atoms with Crippen LogP contribution in [0, 0.1) is 6.92 Å². The Kier molecular flexibility index (Phi) is 5.99. The van der Waals surface area contributed by atoms with E-state index in [1.807, 2.05) is 37.3 Å². The smallest absolute Gasteiger partial charge is 0.251 e. The van der Waals surface area contributed by atoms with Gasteiger partial charge in [-0.15, -0.1) is 10.2 Å². The van der Waals surface area contributed by atoms with Crippen molar-refractivity contribution in [3.8, 4) is 22.9 Å². The first-order valence-corrected chi connectivity index (χ1v) is 8.61. The number of aryl methyl sites for hydroxylation is 1. The van der Waals surface area contributed by atoms with Crippen molar-refractivity contribution in [1.82, 2.24) is 15.5 Å². The molecule has 27 heavy (non-hydrogen) atoms. The Morgan fingerprint density at radius 1 is 0.963 bits per heavy atom. The lowest BCUT2D eigenvalue weighted by atomic mass is 10.1. The Bertz CT molecular complexity index is 876. The zero-order valence-corrected chi connectivity index (χ0v) is 15.3. The summed E-state index contributed by atoms with van der Waals surface area (Å²) >= 11 is 0. The summed E-state index contributed by atoms with van der Waals surface area (Å²) in [5, 5.41) is 11.1. The van der Waals surface area contributed by atoms with E-state index in [1.165, 1.54) is 5.56 Å². The number of nitrogens with one attached hydrogen (secondary N) is 1. The van der Waals surface area contributed by atoms with E-state index in [9.17, 15) is 4.79 Å². The number of amides is 1. The third-order valence-electron chi connectivity index (χ3n) is 3.98. The number of rotatable bonds is 7. The van der Waals surface area contributed by atoms with Crippen molar-refractivity contribution in [2.75, 3.05) is 20.3 Å². The van der Waals surface area contributed by atoms with Gasteiger partial charge in [-0.1, -0.05) is 29.8 Å². The highest BCUT2D eigenvalue weighted by atomic mass is 16.5.